The molecular weight excluding hydrogens is 331 g/mol. The fraction of sp³-hybridized carbons (Fsp3) is 0.333. The average Bonchev–Trinajstić information content (AvgIpc) is 2.61. The quantitative estimate of drug-likeness (QED) is 0.857. The van der Waals surface area contributed by atoms with E-state index in [4.69, 9.17) is 0 Å². The number of pyridine rings is 1. The Labute approximate surface area is 144 Å². The molecule has 1 aromatic carbocycles. The highest BCUT2D eigenvalue weighted by Gasteiger charge is 2.41. The Hall–Kier alpha value is -2.57. The zero-order valence-electron chi connectivity index (χ0n) is 14.0. The molecule has 0 fully saturated rings. The van der Waals surface area contributed by atoms with Gasteiger partial charge in [-0.15, -0.1) is 0 Å². The van der Waals surface area contributed by atoms with Crippen molar-refractivity contribution in [2.24, 2.45) is 0 Å². The van der Waals surface area contributed by atoms with Crippen LogP contribution in [0.1, 0.15) is 35.8 Å². The first-order valence-corrected chi connectivity index (χ1v) is 8.00. The fourth-order valence-electron chi connectivity index (χ4n) is 2.47. The summed E-state index contributed by atoms with van der Waals surface area (Å²) in [6.07, 6.45) is -3.30. The van der Waals surface area contributed by atoms with Gasteiger partial charge in [-0.05, 0) is 31.5 Å². The molecule has 25 heavy (non-hydrogen) atoms. The van der Waals surface area contributed by atoms with Crippen LogP contribution in [-0.2, 0) is 0 Å². The molecule has 1 heterocycles. The molecule has 0 spiro atoms. The predicted molar refractivity (Wildman–Crippen MR) is 90.5 cm³/mol. The van der Waals surface area contributed by atoms with Gasteiger partial charge in [0.2, 0.25) is 0 Å². The van der Waals surface area contributed by atoms with Gasteiger partial charge < -0.3 is 10.2 Å². The fourth-order valence-corrected chi connectivity index (χ4v) is 2.47. The van der Waals surface area contributed by atoms with Gasteiger partial charge in [-0.1, -0.05) is 30.3 Å². The van der Waals surface area contributed by atoms with Crippen LogP contribution in [0.2, 0.25) is 0 Å². The van der Waals surface area contributed by atoms with Gasteiger partial charge in [0.1, 0.15) is 5.82 Å². The predicted octanol–water partition coefficient (Wildman–Crippen LogP) is 3.96. The smallest absolute Gasteiger partial charge is 0.357 e. The second-order valence-electron chi connectivity index (χ2n) is 5.44. The van der Waals surface area contributed by atoms with Gasteiger partial charge in [0.15, 0.2) is 6.04 Å². The summed E-state index contributed by atoms with van der Waals surface area (Å²) in [6, 6.07) is 8.33. The lowest BCUT2D eigenvalue weighted by atomic mass is 10.1. The molecule has 2 aromatic rings. The van der Waals surface area contributed by atoms with Crippen molar-refractivity contribution in [3.05, 3.63) is 59.8 Å². The molecule has 1 atom stereocenters. The monoisotopic (exact) mass is 351 g/mol. The summed E-state index contributed by atoms with van der Waals surface area (Å²) < 4.78 is 39.9. The van der Waals surface area contributed by atoms with Crippen LogP contribution in [0.25, 0.3) is 0 Å². The zero-order chi connectivity index (χ0) is 18.4. The zero-order valence-corrected chi connectivity index (χ0v) is 14.0. The number of benzene rings is 1. The number of hydrogen-bond donors (Lipinski definition) is 1. The third-order valence-electron chi connectivity index (χ3n) is 3.83. The topological polar surface area (TPSA) is 45.2 Å². The van der Waals surface area contributed by atoms with E-state index in [9.17, 15) is 18.0 Å². The molecule has 0 radical (unpaired) electrons. The second kappa shape index (κ2) is 8.00. The molecule has 0 aliphatic rings. The number of amides is 1. The maximum atomic E-state index is 13.3. The number of anilines is 1. The van der Waals surface area contributed by atoms with Crippen LogP contribution in [-0.4, -0.2) is 30.2 Å². The molecule has 0 aliphatic heterocycles. The molecule has 0 aliphatic carbocycles. The molecule has 0 bridgehead atoms. The second-order valence-corrected chi connectivity index (χ2v) is 5.44. The maximum Gasteiger partial charge on any atom is 0.412 e. The van der Waals surface area contributed by atoms with Crippen molar-refractivity contribution in [3.8, 4) is 0 Å². The van der Waals surface area contributed by atoms with Crippen LogP contribution in [0.15, 0.2) is 48.7 Å². The molecule has 1 unspecified atom stereocenters. The van der Waals surface area contributed by atoms with Gasteiger partial charge in [0, 0.05) is 19.3 Å². The van der Waals surface area contributed by atoms with E-state index in [1.807, 2.05) is 24.1 Å². The Kier molecular flexibility index (Phi) is 6.01. The van der Waals surface area contributed by atoms with E-state index in [-0.39, 0.29) is 11.1 Å². The third-order valence-corrected chi connectivity index (χ3v) is 3.83. The maximum absolute atomic E-state index is 13.3. The Morgan fingerprint density at radius 3 is 2.24 bits per heavy atom. The Morgan fingerprint density at radius 1 is 1.12 bits per heavy atom. The van der Waals surface area contributed by atoms with Crippen molar-refractivity contribution >= 4 is 11.7 Å². The van der Waals surface area contributed by atoms with Crippen molar-refractivity contribution in [1.82, 2.24) is 10.3 Å². The number of aromatic nitrogens is 1. The van der Waals surface area contributed by atoms with Crippen LogP contribution in [0.3, 0.4) is 0 Å². The lowest BCUT2D eigenvalue weighted by molar-refractivity contribution is -0.155. The number of rotatable bonds is 6. The van der Waals surface area contributed by atoms with Crippen molar-refractivity contribution in [1.29, 1.82) is 0 Å². The first-order chi connectivity index (χ1) is 11.9. The highest BCUT2D eigenvalue weighted by molar-refractivity contribution is 5.94. The van der Waals surface area contributed by atoms with Crippen molar-refractivity contribution in [3.63, 3.8) is 0 Å². The van der Waals surface area contributed by atoms with Crippen molar-refractivity contribution in [2.45, 2.75) is 26.1 Å². The molecule has 1 aromatic heterocycles. The molecule has 4 nitrogen and oxygen atoms in total. The SMILES string of the molecule is CCN(CC)c1ccc(C(=O)NC(c2ccccc2)C(F)(F)F)cn1. The van der Waals surface area contributed by atoms with Crippen LogP contribution in [0.5, 0.6) is 0 Å². The average molecular weight is 351 g/mol. The van der Waals surface area contributed by atoms with Crippen molar-refractivity contribution in [2.75, 3.05) is 18.0 Å². The van der Waals surface area contributed by atoms with Gasteiger partial charge in [0.25, 0.3) is 5.91 Å². The van der Waals surface area contributed by atoms with Crippen LogP contribution in [0.4, 0.5) is 19.0 Å². The largest absolute Gasteiger partial charge is 0.412 e. The van der Waals surface area contributed by atoms with Crippen LogP contribution in [0, 0.1) is 0 Å². The minimum Gasteiger partial charge on any atom is -0.357 e. The molecule has 7 heteroatoms. The third kappa shape index (κ3) is 4.71. The summed E-state index contributed by atoms with van der Waals surface area (Å²) in [5.74, 6) is -0.137. The summed E-state index contributed by atoms with van der Waals surface area (Å²) in [7, 11) is 0. The highest BCUT2D eigenvalue weighted by atomic mass is 19.4. The van der Waals surface area contributed by atoms with Gasteiger partial charge in [-0.2, -0.15) is 13.2 Å². The number of nitrogens with one attached hydrogen (secondary N) is 1. The minimum absolute atomic E-state index is 0.0175. The van der Waals surface area contributed by atoms with Gasteiger partial charge in [0.05, 0.1) is 5.56 Å². The normalized spacial score (nSPS) is 12.5. The van der Waals surface area contributed by atoms with Gasteiger partial charge in [-0.25, -0.2) is 4.98 Å². The van der Waals surface area contributed by atoms with E-state index in [1.165, 1.54) is 36.5 Å². The van der Waals surface area contributed by atoms with E-state index in [0.29, 0.717) is 5.82 Å². The van der Waals surface area contributed by atoms with Crippen LogP contribution >= 0.6 is 0 Å². The van der Waals surface area contributed by atoms with Gasteiger partial charge in [-0.3, -0.25) is 4.79 Å². The Bertz CT molecular complexity index is 683. The number of halogens is 3. The standard InChI is InChI=1S/C18H20F3N3O/c1-3-24(4-2)15-11-10-14(12-22-15)17(25)23-16(18(19,20)21)13-8-6-5-7-9-13/h5-12,16H,3-4H2,1-2H3,(H,23,25). The molecular formula is C18H20F3N3O. The van der Waals surface area contributed by atoms with E-state index < -0.39 is 18.1 Å². The molecule has 0 saturated carbocycles. The minimum atomic E-state index is -4.59. The number of carbonyl (C=O) groups excluding carboxylic acids is 1. The number of alkyl halides is 3. The summed E-state index contributed by atoms with van der Waals surface area (Å²) in [5, 5.41) is 2.05. The summed E-state index contributed by atoms with van der Waals surface area (Å²) >= 11 is 0. The molecule has 134 valence electrons. The molecule has 2 rings (SSSR count). The number of nitrogens with zero attached hydrogens (tertiary/aromatic N) is 2. The highest BCUT2D eigenvalue weighted by Crippen LogP contribution is 2.32. The first kappa shape index (κ1) is 18.8. The number of hydrogen-bond acceptors (Lipinski definition) is 3. The summed E-state index contributed by atoms with van der Waals surface area (Å²) in [5.41, 5.74) is 0.0668. The molecule has 0 saturated heterocycles. The van der Waals surface area contributed by atoms with E-state index in [2.05, 4.69) is 4.98 Å². The summed E-state index contributed by atoms with van der Waals surface area (Å²) in [6.45, 7) is 5.44. The van der Waals surface area contributed by atoms with Crippen LogP contribution < -0.4 is 10.2 Å². The molecule has 1 N–H and O–H groups in total. The Morgan fingerprint density at radius 2 is 1.76 bits per heavy atom. The first-order valence-electron chi connectivity index (χ1n) is 8.00. The lowest BCUT2D eigenvalue weighted by Gasteiger charge is -2.22. The van der Waals surface area contributed by atoms with E-state index in [1.54, 1.807) is 12.1 Å². The number of carbonyl (C=O) groups is 1. The van der Waals surface area contributed by atoms with E-state index >= 15 is 0 Å². The van der Waals surface area contributed by atoms with Crippen molar-refractivity contribution < 1.29 is 18.0 Å². The Balaban J connectivity index is 2.19. The lowest BCUT2D eigenvalue weighted by Crippen LogP contribution is -2.38. The van der Waals surface area contributed by atoms with Gasteiger partial charge >= 0.3 is 6.18 Å². The molecule has 1 amide bonds. The van der Waals surface area contributed by atoms with E-state index in [0.717, 1.165) is 13.1 Å². The summed E-state index contributed by atoms with van der Waals surface area (Å²) in [4.78, 5) is 18.4.